The van der Waals surface area contributed by atoms with Crippen molar-refractivity contribution in [2.24, 2.45) is 5.41 Å². The minimum Gasteiger partial charge on any atom is -0.388 e. The van der Waals surface area contributed by atoms with Gasteiger partial charge in [0.25, 0.3) is 0 Å². The van der Waals surface area contributed by atoms with E-state index in [4.69, 9.17) is 0 Å². The largest absolute Gasteiger partial charge is 0.388 e. The van der Waals surface area contributed by atoms with Gasteiger partial charge in [0.2, 0.25) is 0 Å². The molecule has 0 radical (unpaired) electrons. The highest BCUT2D eigenvalue weighted by atomic mass is 32.2. The molecule has 0 spiro atoms. The minimum absolute atomic E-state index is 0.0617. The zero-order valence-electron chi connectivity index (χ0n) is 11.9. The maximum Gasteiger partial charge on any atom is 0.151 e. The highest BCUT2D eigenvalue weighted by molar-refractivity contribution is 7.91. The van der Waals surface area contributed by atoms with Crippen LogP contribution in [0, 0.1) is 5.41 Å². The summed E-state index contributed by atoms with van der Waals surface area (Å²) in [5, 5.41) is 10.2. The van der Waals surface area contributed by atoms with E-state index in [-0.39, 0.29) is 16.9 Å². The molecule has 1 atom stereocenters. The van der Waals surface area contributed by atoms with Crippen LogP contribution in [0.15, 0.2) is 12.3 Å². The van der Waals surface area contributed by atoms with Gasteiger partial charge < -0.3 is 9.67 Å². The van der Waals surface area contributed by atoms with Gasteiger partial charge in [-0.3, -0.25) is 0 Å². The lowest BCUT2D eigenvalue weighted by atomic mass is 9.75. The van der Waals surface area contributed by atoms with Gasteiger partial charge in [-0.1, -0.05) is 20.8 Å². The van der Waals surface area contributed by atoms with Crippen LogP contribution < -0.4 is 0 Å². The van der Waals surface area contributed by atoms with Gasteiger partial charge in [-0.25, -0.2) is 8.42 Å². The highest BCUT2D eigenvalue weighted by Crippen LogP contribution is 2.40. The molecule has 5 heteroatoms. The average Bonchev–Trinajstić information content (AvgIpc) is 2.68. The van der Waals surface area contributed by atoms with Crippen LogP contribution in [-0.2, 0) is 22.8 Å². The standard InChI is InChI=1S/C14H23NO3S/c1-4-19(17,18)8-7-15-6-5-11-12(15)9-14(2,3)10-13(11)16/h5-6,13,16H,4,7-10H2,1-3H3. The fraction of sp³-hybridized carbons (Fsp3) is 0.714. The molecule has 1 aromatic heterocycles. The first kappa shape index (κ1) is 14.6. The van der Waals surface area contributed by atoms with Gasteiger partial charge in [0.15, 0.2) is 9.84 Å². The molecule has 0 aliphatic heterocycles. The van der Waals surface area contributed by atoms with Crippen molar-refractivity contribution in [3.8, 4) is 0 Å². The second-order valence-electron chi connectivity index (χ2n) is 6.21. The fourth-order valence-electron chi connectivity index (χ4n) is 2.78. The van der Waals surface area contributed by atoms with E-state index >= 15 is 0 Å². The van der Waals surface area contributed by atoms with Crippen LogP contribution in [0.5, 0.6) is 0 Å². The second kappa shape index (κ2) is 4.94. The molecule has 1 aromatic rings. The molecule has 0 aromatic carbocycles. The number of nitrogens with zero attached hydrogens (tertiary/aromatic N) is 1. The predicted molar refractivity (Wildman–Crippen MR) is 75.8 cm³/mol. The topological polar surface area (TPSA) is 59.3 Å². The lowest BCUT2D eigenvalue weighted by molar-refractivity contribution is 0.0980. The number of hydrogen-bond acceptors (Lipinski definition) is 3. The monoisotopic (exact) mass is 285 g/mol. The van der Waals surface area contributed by atoms with Crippen molar-refractivity contribution in [1.29, 1.82) is 0 Å². The van der Waals surface area contributed by atoms with Gasteiger partial charge in [-0.15, -0.1) is 0 Å². The van der Waals surface area contributed by atoms with Gasteiger partial charge in [-0.2, -0.15) is 0 Å². The van der Waals surface area contributed by atoms with Crippen LogP contribution in [0.3, 0.4) is 0 Å². The van der Waals surface area contributed by atoms with E-state index in [1.165, 1.54) is 0 Å². The predicted octanol–water partition coefficient (Wildman–Crippen LogP) is 1.93. The number of fused-ring (bicyclic) bond motifs is 1. The van der Waals surface area contributed by atoms with E-state index < -0.39 is 15.9 Å². The number of aromatic nitrogens is 1. The van der Waals surface area contributed by atoms with Crippen molar-refractivity contribution < 1.29 is 13.5 Å². The van der Waals surface area contributed by atoms with E-state index in [0.717, 1.165) is 24.1 Å². The third kappa shape index (κ3) is 3.20. The first-order chi connectivity index (χ1) is 8.74. The Balaban J connectivity index is 2.21. The third-order valence-electron chi connectivity index (χ3n) is 3.95. The Labute approximate surface area is 115 Å². The van der Waals surface area contributed by atoms with E-state index in [1.54, 1.807) is 6.92 Å². The van der Waals surface area contributed by atoms with E-state index in [1.807, 2.05) is 16.8 Å². The van der Waals surface area contributed by atoms with Crippen molar-refractivity contribution in [3.63, 3.8) is 0 Å². The number of aliphatic hydroxyl groups is 1. The van der Waals surface area contributed by atoms with E-state index in [2.05, 4.69) is 13.8 Å². The summed E-state index contributed by atoms with van der Waals surface area (Å²) in [6.45, 7) is 6.43. The summed E-state index contributed by atoms with van der Waals surface area (Å²) in [4.78, 5) is 0. The minimum atomic E-state index is -2.95. The Morgan fingerprint density at radius 2 is 2.16 bits per heavy atom. The molecule has 108 valence electrons. The molecule has 0 saturated carbocycles. The van der Waals surface area contributed by atoms with E-state index in [9.17, 15) is 13.5 Å². The summed E-state index contributed by atoms with van der Waals surface area (Å²) in [6, 6.07) is 1.92. The molecule has 4 nitrogen and oxygen atoms in total. The van der Waals surface area contributed by atoms with Crippen LogP contribution in [0.4, 0.5) is 0 Å². The molecule has 19 heavy (non-hydrogen) atoms. The molecule has 1 aliphatic carbocycles. The number of aryl methyl sites for hydroxylation is 1. The normalized spacial score (nSPS) is 22.2. The molecule has 1 unspecified atom stereocenters. The Hall–Kier alpha value is -0.810. The lowest BCUT2D eigenvalue weighted by Gasteiger charge is -2.34. The molecule has 0 bridgehead atoms. The molecular weight excluding hydrogens is 262 g/mol. The van der Waals surface area contributed by atoms with Crippen LogP contribution in [0.25, 0.3) is 0 Å². The van der Waals surface area contributed by atoms with Crippen LogP contribution >= 0.6 is 0 Å². The number of rotatable bonds is 4. The van der Waals surface area contributed by atoms with Gasteiger partial charge in [0, 0.05) is 29.8 Å². The number of hydrogen-bond donors (Lipinski definition) is 1. The quantitative estimate of drug-likeness (QED) is 0.919. The molecule has 1 heterocycles. The van der Waals surface area contributed by atoms with Gasteiger partial charge in [0.1, 0.15) is 0 Å². The zero-order chi connectivity index (χ0) is 14.3. The molecule has 1 N–H and O–H groups in total. The number of aliphatic hydroxyl groups excluding tert-OH is 1. The van der Waals surface area contributed by atoms with Gasteiger partial charge in [0.05, 0.1) is 11.9 Å². The molecular formula is C14H23NO3S. The van der Waals surface area contributed by atoms with Crippen molar-refractivity contribution in [1.82, 2.24) is 4.57 Å². The molecule has 2 rings (SSSR count). The smallest absolute Gasteiger partial charge is 0.151 e. The molecule has 1 aliphatic rings. The third-order valence-corrected chi connectivity index (χ3v) is 5.63. The van der Waals surface area contributed by atoms with Crippen LogP contribution in [-0.4, -0.2) is 29.6 Å². The van der Waals surface area contributed by atoms with Crippen LogP contribution in [0.1, 0.15) is 44.6 Å². The molecule has 0 saturated heterocycles. The van der Waals surface area contributed by atoms with Crippen molar-refractivity contribution in [2.75, 3.05) is 11.5 Å². The van der Waals surface area contributed by atoms with E-state index in [0.29, 0.717) is 6.54 Å². The van der Waals surface area contributed by atoms with Crippen LogP contribution in [0.2, 0.25) is 0 Å². The summed E-state index contributed by atoms with van der Waals surface area (Å²) < 4.78 is 25.2. The first-order valence-electron chi connectivity index (χ1n) is 6.80. The SMILES string of the molecule is CCS(=O)(=O)CCn1ccc2c1CC(C)(C)CC2O. The Kier molecular flexibility index (Phi) is 3.80. The van der Waals surface area contributed by atoms with Crippen molar-refractivity contribution >= 4 is 9.84 Å². The fourth-order valence-corrected chi connectivity index (χ4v) is 3.54. The summed E-state index contributed by atoms with van der Waals surface area (Å²) in [5.41, 5.74) is 2.12. The summed E-state index contributed by atoms with van der Waals surface area (Å²) in [6.07, 6.45) is 3.12. The maximum absolute atomic E-state index is 11.6. The molecule has 0 amide bonds. The van der Waals surface area contributed by atoms with Crippen molar-refractivity contribution in [2.45, 2.75) is 46.3 Å². The first-order valence-corrected chi connectivity index (χ1v) is 8.62. The summed E-state index contributed by atoms with van der Waals surface area (Å²) in [7, 11) is -2.95. The van der Waals surface area contributed by atoms with Gasteiger partial charge >= 0.3 is 0 Å². The van der Waals surface area contributed by atoms with Crippen molar-refractivity contribution in [3.05, 3.63) is 23.5 Å². The average molecular weight is 285 g/mol. The maximum atomic E-state index is 11.6. The highest BCUT2D eigenvalue weighted by Gasteiger charge is 2.33. The zero-order valence-corrected chi connectivity index (χ0v) is 12.7. The lowest BCUT2D eigenvalue weighted by Crippen LogP contribution is -2.27. The Morgan fingerprint density at radius 3 is 2.79 bits per heavy atom. The Morgan fingerprint density at radius 1 is 1.47 bits per heavy atom. The number of sulfone groups is 1. The summed E-state index contributed by atoms with van der Waals surface area (Å²) >= 11 is 0. The van der Waals surface area contributed by atoms with Gasteiger partial charge in [-0.05, 0) is 24.3 Å². The molecule has 0 fully saturated rings. The second-order valence-corrected chi connectivity index (χ2v) is 8.68. The summed E-state index contributed by atoms with van der Waals surface area (Å²) in [5.74, 6) is 0.353. The Bertz CT molecular complexity index is 557.